The van der Waals surface area contributed by atoms with Crippen LogP contribution in [0, 0.1) is 12.3 Å². The van der Waals surface area contributed by atoms with Crippen LogP contribution in [0.5, 0.6) is 0 Å². The minimum absolute atomic E-state index is 0.00334. The number of oxazole rings is 1. The highest BCUT2D eigenvalue weighted by Gasteiger charge is 2.18. The number of ketones is 1. The molecule has 0 aliphatic carbocycles. The minimum atomic E-state index is 0.00334. The normalized spacial score (nSPS) is 12.0. The van der Waals surface area contributed by atoms with E-state index in [4.69, 9.17) is 4.42 Å². The Labute approximate surface area is 101 Å². The van der Waals surface area contributed by atoms with Crippen LogP contribution in [0.1, 0.15) is 43.4 Å². The Morgan fingerprint density at radius 2 is 2.06 bits per heavy atom. The number of aromatic nitrogens is 1. The summed E-state index contributed by atoms with van der Waals surface area (Å²) < 4.78 is 5.43. The van der Waals surface area contributed by atoms with Crippen molar-refractivity contribution < 1.29 is 9.21 Å². The summed E-state index contributed by atoms with van der Waals surface area (Å²) in [5, 5.41) is 0. The molecule has 0 aliphatic heterocycles. The second-order valence-corrected chi connectivity index (χ2v) is 5.58. The summed E-state index contributed by atoms with van der Waals surface area (Å²) in [6, 6.07) is 5.43. The molecule has 2 aromatic rings. The van der Waals surface area contributed by atoms with Gasteiger partial charge in [-0.1, -0.05) is 20.8 Å². The van der Waals surface area contributed by atoms with Gasteiger partial charge in [0.25, 0.3) is 0 Å². The molecule has 0 atom stereocenters. The standard InChI is InChI=1S/C14H17NO2/c1-9-15-11-6-5-10(7-13(11)17-9)12(16)8-14(2,3)4/h5-7H,8H2,1-4H3. The van der Waals surface area contributed by atoms with Crippen molar-refractivity contribution in [1.29, 1.82) is 0 Å². The summed E-state index contributed by atoms with van der Waals surface area (Å²) >= 11 is 0. The maximum atomic E-state index is 12.0. The molecule has 0 spiro atoms. The number of hydrogen-bond donors (Lipinski definition) is 0. The van der Waals surface area contributed by atoms with E-state index in [0.29, 0.717) is 23.5 Å². The topological polar surface area (TPSA) is 43.1 Å². The Morgan fingerprint density at radius 1 is 1.35 bits per heavy atom. The summed E-state index contributed by atoms with van der Waals surface area (Å²) in [4.78, 5) is 16.3. The third kappa shape index (κ3) is 2.73. The van der Waals surface area contributed by atoms with E-state index in [1.165, 1.54) is 0 Å². The second kappa shape index (κ2) is 3.99. The van der Waals surface area contributed by atoms with E-state index >= 15 is 0 Å². The van der Waals surface area contributed by atoms with Crippen molar-refractivity contribution in [3.63, 3.8) is 0 Å². The van der Waals surface area contributed by atoms with Gasteiger partial charge in [-0.3, -0.25) is 4.79 Å². The van der Waals surface area contributed by atoms with Crippen LogP contribution < -0.4 is 0 Å². The molecule has 0 radical (unpaired) electrons. The van der Waals surface area contributed by atoms with Crippen molar-refractivity contribution in [3.05, 3.63) is 29.7 Å². The maximum absolute atomic E-state index is 12.0. The molecule has 0 aliphatic rings. The number of carbonyl (C=O) groups is 1. The van der Waals surface area contributed by atoms with E-state index in [2.05, 4.69) is 25.8 Å². The molecule has 2 rings (SSSR count). The molecule has 3 nitrogen and oxygen atoms in total. The molecule has 0 bridgehead atoms. The predicted molar refractivity (Wildman–Crippen MR) is 67.1 cm³/mol. The Hall–Kier alpha value is -1.64. The van der Waals surface area contributed by atoms with E-state index < -0.39 is 0 Å². The van der Waals surface area contributed by atoms with E-state index in [1.54, 1.807) is 13.0 Å². The highest BCUT2D eigenvalue weighted by Crippen LogP contribution is 2.23. The molecule has 0 fully saturated rings. The molecule has 0 amide bonds. The number of Topliss-reactive ketones (excluding diaryl/α,β-unsaturated/α-hetero) is 1. The lowest BCUT2D eigenvalue weighted by molar-refractivity contribution is 0.0940. The average molecular weight is 231 g/mol. The zero-order valence-electron chi connectivity index (χ0n) is 10.7. The third-order valence-electron chi connectivity index (χ3n) is 2.51. The third-order valence-corrected chi connectivity index (χ3v) is 2.51. The fourth-order valence-electron chi connectivity index (χ4n) is 1.80. The Bertz CT molecular complexity index is 561. The molecular weight excluding hydrogens is 214 g/mol. The quantitative estimate of drug-likeness (QED) is 0.739. The Balaban J connectivity index is 2.33. The van der Waals surface area contributed by atoms with Crippen LogP contribution in [0.2, 0.25) is 0 Å². The summed E-state index contributed by atoms with van der Waals surface area (Å²) in [6.07, 6.45) is 0.533. The van der Waals surface area contributed by atoms with Crippen LogP contribution in [0.15, 0.2) is 22.6 Å². The van der Waals surface area contributed by atoms with Crippen LogP contribution in [0.3, 0.4) is 0 Å². The first kappa shape index (κ1) is 11.8. The lowest BCUT2D eigenvalue weighted by Crippen LogP contribution is -2.12. The molecular formula is C14H17NO2. The number of aryl methyl sites for hydroxylation is 1. The van der Waals surface area contributed by atoms with E-state index in [0.717, 1.165) is 5.52 Å². The summed E-state index contributed by atoms with van der Waals surface area (Å²) in [5.74, 6) is 0.772. The molecule has 90 valence electrons. The van der Waals surface area contributed by atoms with Crippen molar-refractivity contribution in [2.24, 2.45) is 5.41 Å². The molecule has 1 aromatic heterocycles. The van der Waals surface area contributed by atoms with E-state index in [-0.39, 0.29) is 11.2 Å². The largest absolute Gasteiger partial charge is 0.441 e. The predicted octanol–water partition coefficient (Wildman–Crippen LogP) is 3.76. The van der Waals surface area contributed by atoms with Gasteiger partial charge in [0.1, 0.15) is 5.52 Å². The molecule has 0 saturated carbocycles. The lowest BCUT2D eigenvalue weighted by Gasteiger charge is -2.16. The molecule has 0 saturated heterocycles. The monoisotopic (exact) mass is 231 g/mol. The first-order valence-corrected chi connectivity index (χ1v) is 5.75. The Morgan fingerprint density at radius 3 is 2.71 bits per heavy atom. The zero-order valence-corrected chi connectivity index (χ0v) is 10.7. The lowest BCUT2D eigenvalue weighted by atomic mass is 9.88. The number of nitrogens with zero attached hydrogens (tertiary/aromatic N) is 1. The minimum Gasteiger partial charge on any atom is -0.441 e. The molecule has 0 N–H and O–H groups in total. The van der Waals surface area contributed by atoms with Crippen molar-refractivity contribution in [1.82, 2.24) is 4.98 Å². The summed E-state index contributed by atoms with van der Waals surface area (Å²) in [6.45, 7) is 7.97. The van der Waals surface area contributed by atoms with Gasteiger partial charge in [-0.25, -0.2) is 4.98 Å². The number of benzene rings is 1. The second-order valence-electron chi connectivity index (χ2n) is 5.58. The Kier molecular flexibility index (Phi) is 2.77. The van der Waals surface area contributed by atoms with Crippen LogP contribution >= 0.6 is 0 Å². The van der Waals surface area contributed by atoms with Gasteiger partial charge in [-0.2, -0.15) is 0 Å². The van der Waals surface area contributed by atoms with Gasteiger partial charge >= 0.3 is 0 Å². The molecule has 17 heavy (non-hydrogen) atoms. The van der Waals surface area contributed by atoms with Gasteiger partial charge in [0.05, 0.1) is 0 Å². The number of fused-ring (bicyclic) bond motifs is 1. The number of hydrogen-bond acceptors (Lipinski definition) is 3. The fourth-order valence-corrected chi connectivity index (χ4v) is 1.80. The van der Waals surface area contributed by atoms with Crippen LogP contribution in [-0.2, 0) is 0 Å². The molecule has 1 aromatic carbocycles. The van der Waals surface area contributed by atoms with Crippen molar-refractivity contribution >= 4 is 16.9 Å². The molecule has 1 heterocycles. The molecule has 0 unspecified atom stereocenters. The maximum Gasteiger partial charge on any atom is 0.192 e. The number of rotatable bonds is 2. The van der Waals surface area contributed by atoms with Gasteiger partial charge in [0, 0.05) is 18.9 Å². The number of carbonyl (C=O) groups excluding carboxylic acids is 1. The van der Waals surface area contributed by atoms with Crippen LogP contribution in [0.4, 0.5) is 0 Å². The van der Waals surface area contributed by atoms with Gasteiger partial charge in [0.2, 0.25) is 0 Å². The van der Waals surface area contributed by atoms with Crippen molar-refractivity contribution in [2.45, 2.75) is 34.1 Å². The summed E-state index contributed by atoms with van der Waals surface area (Å²) in [7, 11) is 0. The van der Waals surface area contributed by atoms with Gasteiger partial charge in [-0.05, 0) is 23.6 Å². The van der Waals surface area contributed by atoms with Crippen molar-refractivity contribution in [2.75, 3.05) is 0 Å². The van der Waals surface area contributed by atoms with Gasteiger partial charge in [0.15, 0.2) is 17.3 Å². The van der Waals surface area contributed by atoms with Crippen LogP contribution in [-0.4, -0.2) is 10.8 Å². The smallest absolute Gasteiger partial charge is 0.192 e. The average Bonchev–Trinajstić information content (AvgIpc) is 2.53. The van der Waals surface area contributed by atoms with Gasteiger partial charge < -0.3 is 4.42 Å². The van der Waals surface area contributed by atoms with E-state index in [9.17, 15) is 4.79 Å². The first-order chi connectivity index (χ1) is 7.85. The molecule has 3 heteroatoms. The van der Waals surface area contributed by atoms with E-state index in [1.807, 2.05) is 12.1 Å². The first-order valence-electron chi connectivity index (χ1n) is 5.75. The van der Waals surface area contributed by atoms with Crippen molar-refractivity contribution in [3.8, 4) is 0 Å². The van der Waals surface area contributed by atoms with Gasteiger partial charge in [-0.15, -0.1) is 0 Å². The fraction of sp³-hybridized carbons (Fsp3) is 0.429. The SMILES string of the molecule is Cc1nc2ccc(C(=O)CC(C)(C)C)cc2o1. The summed E-state index contributed by atoms with van der Waals surface area (Å²) in [5.41, 5.74) is 2.18. The van der Waals surface area contributed by atoms with Crippen LogP contribution in [0.25, 0.3) is 11.1 Å². The highest BCUT2D eigenvalue weighted by atomic mass is 16.3. The highest BCUT2D eigenvalue weighted by molar-refractivity contribution is 5.98. The zero-order chi connectivity index (χ0) is 12.6.